The number of rotatable bonds is 23. The zero-order valence-corrected chi connectivity index (χ0v) is 31.9. The SMILES string of the molecule is Cc1cc([C@H](C(=O)N2C[C@H](O)C[C@H]2C(=O)N[C@@H](CC(=O)NCCOCCOCCOCCOCCN)c2ccc(-c3scnc3C)cc2)C(C)C)on1. The Morgan fingerprint density at radius 3 is 2.21 bits per heavy atom. The van der Waals surface area contributed by atoms with Gasteiger partial charge in [-0.05, 0) is 30.9 Å². The quantitative estimate of drug-likeness (QED) is 0.103. The van der Waals surface area contributed by atoms with Crippen molar-refractivity contribution in [3.63, 3.8) is 0 Å². The average molecular weight is 759 g/mol. The number of aliphatic hydroxyl groups excluding tert-OH is 1. The van der Waals surface area contributed by atoms with Crippen molar-refractivity contribution in [1.29, 1.82) is 0 Å². The molecule has 53 heavy (non-hydrogen) atoms. The normalized spacial score (nSPS) is 16.9. The van der Waals surface area contributed by atoms with Gasteiger partial charge in [-0.2, -0.15) is 0 Å². The molecule has 0 unspecified atom stereocenters. The predicted octanol–water partition coefficient (Wildman–Crippen LogP) is 2.51. The Hall–Kier alpha value is -3.77. The van der Waals surface area contributed by atoms with Gasteiger partial charge in [-0.25, -0.2) is 4.98 Å². The molecular formula is C37H54N6O9S. The first-order valence-corrected chi connectivity index (χ1v) is 19.0. The van der Waals surface area contributed by atoms with Crippen LogP contribution in [0.2, 0.25) is 0 Å². The van der Waals surface area contributed by atoms with Gasteiger partial charge in [0.15, 0.2) is 0 Å². The van der Waals surface area contributed by atoms with Crippen LogP contribution in [0.15, 0.2) is 40.4 Å². The molecule has 15 nitrogen and oxygen atoms in total. The maximum atomic E-state index is 14.0. The van der Waals surface area contributed by atoms with Crippen molar-refractivity contribution >= 4 is 29.1 Å². The fraction of sp³-hybridized carbons (Fsp3) is 0.595. The van der Waals surface area contributed by atoms with E-state index in [-0.39, 0.29) is 50.3 Å². The summed E-state index contributed by atoms with van der Waals surface area (Å²) in [5.74, 6) is -1.49. The lowest BCUT2D eigenvalue weighted by Crippen LogP contribution is -2.49. The summed E-state index contributed by atoms with van der Waals surface area (Å²) >= 11 is 1.54. The fourth-order valence-corrected chi connectivity index (χ4v) is 6.89. The summed E-state index contributed by atoms with van der Waals surface area (Å²) in [4.78, 5) is 47.9. The van der Waals surface area contributed by atoms with Crippen LogP contribution < -0.4 is 16.4 Å². The maximum absolute atomic E-state index is 14.0. The maximum Gasteiger partial charge on any atom is 0.243 e. The standard InChI is InChI=1S/C37H54N6O9S/c1-24(2)34(32-19-25(3)42-52-32)37(47)43-22-29(44)20-31(43)36(46)41-30(27-5-7-28(8-6-27)35-26(4)40-23-53-35)21-33(45)39-10-12-49-14-16-51-18-17-50-15-13-48-11-9-38/h5-8,19,23-24,29-31,34,44H,9-18,20-22,38H2,1-4H3,(H,39,45)(H,41,46)/t29-,30+,31+,34-/m1/s1. The van der Waals surface area contributed by atoms with E-state index in [0.717, 1.165) is 16.1 Å². The van der Waals surface area contributed by atoms with E-state index < -0.39 is 30.0 Å². The number of carbonyl (C=O) groups excluding carboxylic acids is 3. The molecule has 0 bridgehead atoms. The van der Waals surface area contributed by atoms with Crippen molar-refractivity contribution in [3.05, 3.63) is 58.6 Å². The molecule has 1 aliphatic rings. The number of β-amino-alcohol motifs (C(OH)–C–C–N with tert-alkyl or cyclic N) is 1. The Labute approximate surface area is 314 Å². The average Bonchev–Trinajstić information content (AvgIpc) is 3.87. The first-order valence-electron chi connectivity index (χ1n) is 18.1. The van der Waals surface area contributed by atoms with Gasteiger partial charge in [0, 0.05) is 32.1 Å². The molecule has 0 saturated carbocycles. The number of hydrogen-bond acceptors (Lipinski definition) is 13. The van der Waals surface area contributed by atoms with E-state index in [1.165, 1.54) is 16.2 Å². The minimum Gasteiger partial charge on any atom is -0.391 e. The summed E-state index contributed by atoms with van der Waals surface area (Å²) in [6.07, 6.45) is -0.869. The third-order valence-corrected chi connectivity index (χ3v) is 9.70. The summed E-state index contributed by atoms with van der Waals surface area (Å²) in [7, 11) is 0. The number of amides is 3. The van der Waals surface area contributed by atoms with Crippen molar-refractivity contribution in [2.45, 2.75) is 64.6 Å². The van der Waals surface area contributed by atoms with Crippen LogP contribution in [0.3, 0.4) is 0 Å². The second-order valence-electron chi connectivity index (χ2n) is 13.2. The molecule has 4 atom stereocenters. The second kappa shape index (κ2) is 21.8. The number of benzene rings is 1. The molecule has 2 aromatic heterocycles. The van der Waals surface area contributed by atoms with Crippen LogP contribution in [0.4, 0.5) is 0 Å². The van der Waals surface area contributed by atoms with Gasteiger partial charge in [0.2, 0.25) is 17.7 Å². The Balaban J connectivity index is 1.34. The number of aliphatic hydroxyl groups is 1. The predicted molar refractivity (Wildman–Crippen MR) is 198 cm³/mol. The van der Waals surface area contributed by atoms with Crippen LogP contribution >= 0.6 is 11.3 Å². The summed E-state index contributed by atoms with van der Waals surface area (Å²) in [5, 5.41) is 20.5. The lowest BCUT2D eigenvalue weighted by Gasteiger charge is -2.30. The highest BCUT2D eigenvalue weighted by Gasteiger charge is 2.43. The van der Waals surface area contributed by atoms with Crippen molar-refractivity contribution in [2.75, 3.05) is 72.5 Å². The molecule has 3 aromatic rings. The number of thiazole rings is 1. The molecule has 292 valence electrons. The lowest BCUT2D eigenvalue weighted by atomic mass is 9.91. The highest BCUT2D eigenvalue weighted by atomic mass is 32.1. The van der Waals surface area contributed by atoms with Crippen molar-refractivity contribution < 1.29 is 43.0 Å². The first kappa shape index (κ1) is 42.0. The molecule has 1 aromatic carbocycles. The Morgan fingerprint density at radius 1 is 1.00 bits per heavy atom. The van der Waals surface area contributed by atoms with E-state index in [4.69, 9.17) is 29.2 Å². The molecule has 3 amide bonds. The van der Waals surface area contributed by atoms with E-state index in [1.54, 1.807) is 18.5 Å². The zero-order chi connectivity index (χ0) is 38.2. The van der Waals surface area contributed by atoms with Gasteiger partial charge in [0.1, 0.15) is 17.7 Å². The summed E-state index contributed by atoms with van der Waals surface area (Å²) in [6.45, 7) is 11.7. The Morgan fingerprint density at radius 2 is 1.64 bits per heavy atom. The highest BCUT2D eigenvalue weighted by Crippen LogP contribution is 2.32. The Bertz CT molecular complexity index is 1570. The molecule has 1 saturated heterocycles. The van der Waals surface area contributed by atoms with Gasteiger partial charge >= 0.3 is 0 Å². The number of ether oxygens (including phenoxy) is 4. The van der Waals surface area contributed by atoms with Gasteiger partial charge in [0.25, 0.3) is 0 Å². The fourth-order valence-electron chi connectivity index (χ4n) is 6.08. The van der Waals surface area contributed by atoms with E-state index in [9.17, 15) is 19.5 Å². The molecule has 0 aliphatic carbocycles. The highest BCUT2D eigenvalue weighted by molar-refractivity contribution is 7.13. The Kier molecular flexibility index (Phi) is 17.3. The molecule has 1 aliphatic heterocycles. The smallest absolute Gasteiger partial charge is 0.243 e. The van der Waals surface area contributed by atoms with E-state index in [1.807, 2.05) is 45.0 Å². The number of aryl methyl sites for hydroxylation is 2. The van der Waals surface area contributed by atoms with E-state index in [2.05, 4.69) is 20.8 Å². The third kappa shape index (κ3) is 12.9. The topological polar surface area (TPSA) is 201 Å². The molecule has 3 heterocycles. The van der Waals surface area contributed by atoms with Crippen molar-refractivity contribution in [1.82, 2.24) is 25.7 Å². The molecule has 5 N–H and O–H groups in total. The molecule has 1 fully saturated rings. The summed E-state index contributed by atoms with van der Waals surface area (Å²) in [6, 6.07) is 7.70. The molecule has 16 heteroatoms. The molecule has 0 spiro atoms. The van der Waals surface area contributed by atoms with Crippen LogP contribution in [0.5, 0.6) is 0 Å². The number of carbonyl (C=O) groups is 3. The number of hydrogen-bond donors (Lipinski definition) is 4. The van der Waals surface area contributed by atoms with Crippen molar-refractivity contribution in [3.8, 4) is 10.4 Å². The number of nitrogens with zero attached hydrogens (tertiary/aromatic N) is 3. The van der Waals surface area contributed by atoms with Crippen LogP contribution in [0, 0.1) is 19.8 Å². The number of aromatic nitrogens is 2. The largest absolute Gasteiger partial charge is 0.391 e. The minimum absolute atomic E-state index is 0.00514. The van der Waals surface area contributed by atoms with Crippen LogP contribution in [0.25, 0.3) is 10.4 Å². The van der Waals surface area contributed by atoms with Gasteiger partial charge < -0.3 is 49.8 Å². The molecule has 0 radical (unpaired) electrons. The third-order valence-electron chi connectivity index (χ3n) is 8.72. The molecule has 4 rings (SSSR count). The number of nitrogens with one attached hydrogen (secondary N) is 2. The second-order valence-corrected chi connectivity index (χ2v) is 14.1. The number of nitrogens with two attached hydrogens (primary N) is 1. The van der Waals surface area contributed by atoms with Gasteiger partial charge in [0.05, 0.1) is 93.2 Å². The lowest BCUT2D eigenvalue weighted by molar-refractivity contribution is -0.141. The van der Waals surface area contributed by atoms with Gasteiger partial charge in [-0.1, -0.05) is 43.3 Å². The first-order chi connectivity index (χ1) is 25.6. The van der Waals surface area contributed by atoms with Crippen LogP contribution in [-0.4, -0.2) is 123 Å². The monoisotopic (exact) mass is 758 g/mol. The summed E-state index contributed by atoms with van der Waals surface area (Å²) in [5.41, 5.74) is 10.4. The molecular weight excluding hydrogens is 705 g/mol. The minimum atomic E-state index is -0.940. The van der Waals surface area contributed by atoms with E-state index in [0.29, 0.717) is 69.8 Å². The number of likely N-dealkylation sites (tertiary alicyclic amines) is 1. The van der Waals surface area contributed by atoms with Gasteiger partial charge in [-0.3, -0.25) is 14.4 Å². The van der Waals surface area contributed by atoms with Gasteiger partial charge in [-0.15, -0.1) is 11.3 Å². The summed E-state index contributed by atoms with van der Waals surface area (Å²) < 4.78 is 27.2. The van der Waals surface area contributed by atoms with E-state index >= 15 is 0 Å². The zero-order valence-electron chi connectivity index (χ0n) is 31.1. The van der Waals surface area contributed by atoms with Crippen LogP contribution in [0.1, 0.15) is 61.4 Å². The van der Waals surface area contributed by atoms with Crippen molar-refractivity contribution in [2.24, 2.45) is 11.7 Å². The van der Waals surface area contributed by atoms with Crippen LogP contribution in [-0.2, 0) is 33.3 Å².